The number of methoxy groups -OCH3 is 1. The van der Waals surface area contributed by atoms with Crippen LogP contribution >= 0.6 is 0 Å². The van der Waals surface area contributed by atoms with E-state index in [1.165, 1.54) is 12.1 Å². The number of ether oxygens (including phenoxy) is 2. The molecule has 1 saturated heterocycles. The van der Waals surface area contributed by atoms with Crippen molar-refractivity contribution < 1.29 is 27.8 Å². The van der Waals surface area contributed by atoms with Crippen molar-refractivity contribution in [2.75, 3.05) is 20.3 Å². The first-order valence-corrected chi connectivity index (χ1v) is 12.3. The maximum absolute atomic E-state index is 13.6. The van der Waals surface area contributed by atoms with Gasteiger partial charge in [0.1, 0.15) is 23.5 Å². The van der Waals surface area contributed by atoms with Crippen LogP contribution in [0.2, 0.25) is 0 Å². The van der Waals surface area contributed by atoms with E-state index in [0.29, 0.717) is 25.3 Å². The molecule has 1 aliphatic rings. The van der Waals surface area contributed by atoms with Crippen LogP contribution in [0.3, 0.4) is 0 Å². The van der Waals surface area contributed by atoms with Crippen molar-refractivity contribution in [1.29, 1.82) is 0 Å². The fraction of sp³-hybridized carbons (Fsp3) is 0.400. The van der Waals surface area contributed by atoms with Crippen LogP contribution in [0.4, 0.5) is 0 Å². The Hall–Kier alpha value is -3.02. The summed E-state index contributed by atoms with van der Waals surface area (Å²) in [4.78, 5) is 13.4. The Balaban J connectivity index is 1.84. The zero-order chi connectivity index (χ0) is 23.8. The van der Waals surface area contributed by atoms with Crippen LogP contribution in [0.1, 0.15) is 31.7 Å². The van der Waals surface area contributed by atoms with Gasteiger partial charge >= 0.3 is 5.97 Å². The number of sulfone groups is 1. The summed E-state index contributed by atoms with van der Waals surface area (Å²) in [5, 5.41) is 8.43. The van der Waals surface area contributed by atoms with E-state index in [4.69, 9.17) is 9.47 Å². The van der Waals surface area contributed by atoms with Crippen molar-refractivity contribution in [3.05, 3.63) is 54.1 Å². The van der Waals surface area contributed by atoms with Gasteiger partial charge in [-0.3, -0.25) is 9.69 Å². The Morgan fingerprint density at radius 1 is 1.12 bits per heavy atom. The molecule has 8 heteroatoms. The van der Waals surface area contributed by atoms with Crippen molar-refractivity contribution in [2.45, 2.75) is 43.0 Å². The highest BCUT2D eigenvalue weighted by atomic mass is 32.2. The number of carbonyl (C=O) groups is 1. The maximum Gasteiger partial charge on any atom is 0.303 e. The molecule has 0 aromatic heterocycles. The highest BCUT2D eigenvalue weighted by molar-refractivity contribution is 7.92. The largest absolute Gasteiger partial charge is 0.497 e. The number of aliphatic carboxylic acids is 1. The fourth-order valence-corrected chi connectivity index (χ4v) is 5.95. The quantitative estimate of drug-likeness (QED) is 0.559. The van der Waals surface area contributed by atoms with Crippen molar-refractivity contribution in [1.82, 2.24) is 4.90 Å². The van der Waals surface area contributed by atoms with Crippen molar-refractivity contribution in [2.24, 2.45) is 5.92 Å². The van der Waals surface area contributed by atoms with Gasteiger partial charge in [-0.25, -0.2) is 8.42 Å². The van der Waals surface area contributed by atoms with E-state index in [-0.39, 0.29) is 30.3 Å². The molecule has 0 amide bonds. The molecule has 176 valence electrons. The average molecular weight is 472 g/mol. The Morgan fingerprint density at radius 2 is 1.79 bits per heavy atom. The molecule has 2 aromatic carbocycles. The Labute approximate surface area is 195 Å². The number of hydrogen-bond acceptors (Lipinski definition) is 6. The van der Waals surface area contributed by atoms with E-state index in [9.17, 15) is 18.3 Å². The van der Waals surface area contributed by atoms with Gasteiger partial charge in [-0.15, -0.1) is 5.92 Å². The highest BCUT2D eigenvalue weighted by Gasteiger charge is 2.38. The standard InChI is InChI=1S/C25H29NO6S/c1-3-4-15-32-22-9-11-23(12-10-22)33(29,30)24-16-20(17-25(27)28)13-14-26(24)18-19-5-7-21(31-2)8-6-19/h5-12,20,24H,13-18H2,1-2H3,(H,27,28). The lowest BCUT2D eigenvalue weighted by Gasteiger charge is -2.38. The average Bonchev–Trinajstić information content (AvgIpc) is 2.80. The first-order chi connectivity index (χ1) is 15.8. The molecule has 2 atom stereocenters. The van der Waals surface area contributed by atoms with E-state index in [2.05, 4.69) is 11.8 Å². The Bertz CT molecular complexity index is 1100. The summed E-state index contributed by atoms with van der Waals surface area (Å²) < 4.78 is 37.9. The number of hydrogen-bond donors (Lipinski definition) is 1. The third kappa shape index (κ3) is 6.50. The number of nitrogens with zero attached hydrogens (tertiary/aromatic N) is 1. The fourth-order valence-electron chi connectivity index (χ4n) is 4.02. The van der Waals surface area contributed by atoms with Gasteiger partial charge in [0.15, 0.2) is 9.84 Å². The number of rotatable bonds is 9. The topological polar surface area (TPSA) is 93.1 Å². The van der Waals surface area contributed by atoms with Crippen LogP contribution in [-0.4, -0.2) is 50.0 Å². The second kappa shape index (κ2) is 11.2. The summed E-state index contributed by atoms with van der Waals surface area (Å²) in [7, 11) is -2.13. The van der Waals surface area contributed by atoms with Crippen LogP contribution in [0, 0.1) is 17.8 Å². The number of piperidine rings is 1. The second-order valence-corrected chi connectivity index (χ2v) is 10.1. The van der Waals surface area contributed by atoms with E-state index in [0.717, 1.165) is 11.3 Å². The third-order valence-corrected chi connectivity index (χ3v) is 7.91. The molecular weight excluding hydrogens is 442 g/mol. The number of carboxylic acid groups (broad SMARTS) is 1. The van der Waals surface area contributed by atoms with Gasteiger partial charge in [0.2, 0.25) is 0 Å². The van der Waals surface area contributed by atoms with Crippen LogP contribution < -0.4 is 9.47 Å². The zero-order valence-electron chi connectivity index (χ0n) is 18.9. The predicted molar refractivity (Wildman–Crippen MR) is 125 cm³/mol. The SMILES string of the molecule is CC#CCOc1ccc(S(=O)(=O)C2CC(CC(=O)O)CCN2Cc2ccc(OC)cc2)cc1. The van der Waals surface area contributed by atoms with E-state index >= 15 is 0 Å². The molecule has 1 heterocycles. The van der Waals surface area contributed by atoms with Gasteiger partial charge < -0.3 is 14.6 Å². The summed E-state index contributed by atoms with van der Waals surface area (Å²) in [5.74, 6) is 5.71. The predicted octanol–water partition coefficient (Wildman–Crippen LogP) is 3.58. The molecule has 0 saturated carbocycles. The lowest BCUT2D eigenvalue weighted by atomic mass is 9.93. The molecular formula is C25H29NO6S. The van der Waals surface area contributed by atoms with Crippen LogP contribution in [-0.2, 0) is 21.2 Å². The van der Waals surface area contributed by atoms with Gasteiger partial charge in [0, 0.05) is 19.5 Å². The highest BCUT2D eigenvalue weighted by Crippen LogP contribution is 2.33. The van der Waals surface area contributed by atoms with Crippen LogP contribution in [0.25, 0.3) is 0 Å². The lowest BCUT2D eigenvalue weighted by Crippen LogP contribution is -2.46. The minimum Gasteiger partial charge on any atom is -0.497 e. The summed E-state index contributed by atoms with van der Waals surface area (Å²) in [5.41, 5.74) is 0.966. The molecule has 1 N–H and O–H groups in total. The van der Waals surface area contributed by atoms with Crippen molar-refractivity contribution >= 4 is 15.8 Å². The third-order valence-electron chi connectivity index (χ3n) is 5.77. The molecule has 3 rings (SSSR count). The summed E-state index contributed by atoms with van der Waals surface area (Å²) in [6.07, 6.45) is 0.877. The Morgan fingerprint density at radius 3 is 2.39 bits per heavy atom. The van der Waals surface area contributed by atoms with Crippen molar-refractivity contribution in [3.8, 4) is 23.3 Å². The summed E-state index contributed by atoms with van der Waals surface area (Å²) in [6.45, 7) is 2.91. The van der Waals surface area contributed by atoms with Gasteiger partial charge in [-0.1, -0.05) is 18.1 Å². The number of carboxylic acids is 1. The number of likely N-dealkylation sites (tertiary alicyclic amines) is 1. The Kier molecular flexibility index (Phi) is 8.37. The van der Waals surface area contributed by atoms with Crippen LogP contribution in [0.5, 0.6) is 11.5 Å². The molecule has 7 nitrogen and oxygen atoms in total. The lowest BCUT2D eigenvalue weighted by molar-refractivity contribution is -0.138. The summed E-state index contributed by atoms with van der Waals surface area (Å²) >= 11 is 0. The van der Waals surface area contributed by atoms with Crippen molar-refractivity contribution in [3.63, 3.8) is 0 Å². The molecule has 0 spiro atoms. The normalized spacial score (nSPS) is 18.7. The molecule has 33 heavy (non-hydrogen) atoms. The minimum absolute atomic E-state index is 0.0341. The van der Waals surface area contributed by atoms with E-state index in [1.807, 2.05) is 29.2 Å². The minimum atomic E-state index is -3.73. The smallest absolute Gasteiger partial charge is 0.303 e. The first-order valence-electron chi connectivity index (χ1n) is 10.8. The molecule has 0 radical (unpaired) electrons. The molecule has 0 bridgehead atoms. The van der Waals surface area contributed by atoms with Crippen LogP contribution in [0.15, 0.2) is 53.4 Å². The van der Waals surface area contributed by atoms with Gasteiger partial charge in [0.05, 0.1) is 12.0 Å². The zero-order valence-corrected chi connectivity index (χ0v) is 19.7. The van der Waals surface area contributed by atoms with Gasteiger partial charge in [0.25, 0.3) is 0 Å². The van der Waals surface area contributed by atoms with Gasteiger partial charge in [-0.2, -0.15) is 0 Å². The maximum atomic E-state index is 13.6. The monoisotopic (exact) mass is 471 g/mol. The molecule has 1 aliphatic heterocycles. The van der Waals surface area contributed by atoms with E-state index in [1.54, 1.807) is 26.2 Å². The summed E-state index contributed by atoms with van der Waals surface area (Å²) in [6, 6.07) is 13.8. The van der Waals surface area contributed by atoms with E-state index < -0.39 is 21.2 Å². The molecule has 1 fully saturated rings. The molecule has 2 aromatic rings. The molecule has 2 unspecified atom stereocenters. The number of benzene rings is 2. The molecule has 0 aliphatic carbocycles. The second-order valence-electron chi connectivity index (χ2n) is 7.99. The first kappa shape index (κ1) is 24.6. The van der Waals surface area contributed by atoms with Gasteiger partial charge in [-0.05, 0) is 67.6 Å².